The van der Waals surface area contributed by atoms with Gasteiger partial charge in [0, 0.05) is 11.5 Å². The van der Waals surface area contributed by atoms with Crippen LogP contribution in [0, 0.1) is 6.92 Å². The molecular formula is C12H14O4S. The number of benzene rings is 1. The fourth-order valence-corrected chi connectivity index (χ4v) is 2.10. The molecule has 0 unspecified atom stereocenters. The topological polar surface area (TPSA) is 60.4 Å². The molecule has 1 rings (SSSR count). The number of sulfone groups is 1. The van der Waals surface area contributed by atoms with E-state index in [1.165, 1.54) is 12.1 Å². The van der Waals surface area contributed by atoms with E-state index < -0.39 is 15.8 Å². The summed E-state index contributed by atoms with van der Waals surface area (Å²) >= 11 is 0. The summed E-state index contributed by atoms with van der Waals surface area (Å²) in [4.78, 5) is 11.2. The van der Waals surface area contributed by atoms with E-state index in [2.05, 4.69) is 4.74 Å². The molecule has 0 radical (unpaired) electrons. The van der Waals surface area contributed by atoms with Gasteiger partial charge in [-0.1, -0.05) is 17.7 Å². The van der Waals surface area contributed by atoms with Crippen molar-refractivity contribution < 1.29 is 17.9 Å². The van der Waals surface area contributed by atoms with Crippen molar-refractivity contribution in [2.45, 2.75) is 18.7 Å². The van der Waals surface area contributed by atoms with Crippen molar-refractivity contribution >= 4 is 15.8 Å². The smallest absolute Gasteiger partial charge is 0.331 e. The summed E-state index contributed by atoms with van der Waals surface area (Å²) in [5.41, 5.74) is 0.971. The van der Waals surface area contributed by atoms with Crippen molar-refractivity contribution in [3.8, 4) is 0 Å². The van der Waals surface area contributed by atoms with E-state index in [4.69, 9.17) is 0 Å². The number of esters is 1. The average molecular weight is 254 g/mol. The first-order valence-corrected chi connectivity index (χ1v) is 6.67. The Kier molecular flexibility index (Phi) is 4.45. The van der Waals surface area contributed by atoms with E-state index in [1.807, 2.05) is 6.92 Å². The van der Waals surface area contributed by atoms with Crippen LogP contribution in [-0.4, -0.2) is 21.0 Å². The fraction of sp³-hybridized carbons (Fsp3) is 0.250. The Balaban J connectivity index is 2.89. The summed E-state index contributed by atoms with van der Waals surface area (Å²) in [7, 11) is -3.57. The Labute approximate surface area is 101 Å². The summed E-state index contributed by atoms with van der Waals surface area (Å²) in [6, 6.07) is 6.40. The maximum Gasteiger partial charge on any atom is 0.331 e. The molecule has 0 N–H and O–H groups in total. The second kappa shape index (κ2) is 5.63. The number of carbonyl (C=O) groups is 1. The van der Waals surface area contributed by atoms with Crippen LogP contribution in [0.2, 0.25) is 0 Å². The zero-order valence-corrected chi connectivity index (χ0v) is 10.5. The van der Waals surface area contributed by atoms with E-state index in [0.717, 1.165) is 17.0 Å². The van der Waals surface area contributed by atoms with Crippen molar-refractivity contribution in [3.63, 3.8) is 0 Å². The molecule has 5 heteroatoms. The number of carbonyl (C=O) groups excluding carboxylic acids is 1. The molecule has 1 aromatic carbocycles. The van der Waals surface area contributed by atoms with Gasteiger partial charge in [-0.25, -0.2) is 13.2 Å². The fourth-order valence-electron chi connectivity index (χ4n) is 1.14. The highest BCUT2D eigenvalue weighted by atomic mass is 32.2. The van der Waals surface area contributed by atoms with Gasteiger partial charge in [0.05, 0.1) is 11.5 Å². The summed E-state index contributed by atoms with van der Waals surface area (Å²) in [5.74, 6) is -0.664. The number of aryl methyl sites for hydroxylation is 1. The molecule has 0 amide bonds. The van der Waals surface area contributed by atoms with Crippen LogP contribution in [0.5, 0.6) is 0 Å². The van der Waals surface area contributed by atoms with Gasteiger partial charge >= 0.3 is 5.97 Å². The third-order valence-corrected chi connectivity index (χ3v) is 3.44. The summed E-state index contributed by atoms with van der Waals surface area (Å²) in [5, 5.41) is 0.857. The number of hydrogen-bond acceptors (Lipinski definition) is 4. The minimum absolute atomic E-state index is 0.156. The van der Waals surface area contributed by atoms with Crippen LogP contribution in [0.3, 0.4) is 0 Å². The van der Waals surface area contributed by atoms with Gasteiger partial charge in [-0.05, 0) is 26.0 Å². The predicted octanol–water partition coefficient (Wildman–Crippen LogP) is 1.85. The molecule has 0 atom stereocenters. The van der Waals surface area contributed by atoms with Crippen LogP contribution in [-0.2, 0) is 19.4 Å². The second-order valence-corrected chi connectivity index (χ2v) is 5.25. The van der Waals surface area contributed by atoms with Crippen LogP contribution in [0.25, 0.3) is 0 Å². The normalized spacial score (nSPS) is 11.6. The van der Waals surface area contributed by atoms with Gasteiger partial charge in [0.2, 0.25) is 0 Å². The van der Waals surface area contributed by atoms with Gasteiger partial charge in [0.25, 0.3) is 0 Å². The van der Waals surface area contributed by atoms with Crippen molar-refractivity contribution in [1.29, 1.82) is 0 Å². The third-order valence-electron chi connectivity index (χ3n) is 2.02. The Morgan fingerprint density at radius 1 is 1.29 bits per heavy atom. The zero-order chi connectivity index (χ0) is 12.9. The Morgan fingerprint density at radius 3 is 2.41 bits per heavy atom. The van der Waals surface area contributed by atoms with Crippen LogP contribution in [0.4, 0.5) is 0 Å². The standard InChI is InChI=1S/C12H14O4S/c1-3-16-12(13)8-9-17(14,15)11-6-4-10(2)5-7-11/h4-9H,3H2,1-2H3/b9-8+. The molecule has 0 saturated carbocycles. The zero-order valence-electron chi connectivity index (χ0n) is 9.71. The third kappa shape index (κ3) is 4.03. The molecule has 0 aliphatic heterocycles. The van der Waals surface area contributed by atoms with Crippen molar-refractivity contribution in [2.75, 3.05) is 6.61 Å². The highest BCUT2D eigenvalue weighted by molar-refractivity contribution is 7.94. The molecule has 92 valence electrons. The van der Waals surface area contributed by atoms with Gasteiger partial charge in [0.15, 0.2) is 9.84 Å². The largest absolute Gasteiger partial charge is 0.463 e. The maximum atomic E-state index is 11.8. The molecule has 4 nitrogen and oxygen atoms in total. The molecule has 0 fully saturated rings. The summed E-state index contributed by atoms with van der Waals surface area (Å²) < 4.78 is 28.1. The van der Waals surface area contributed by atoms with E-state index in [-0.39, 0.29) is 11.5 Å². The Morgan fingerprint density at radius 2 is 1.88 bits per heavy atom. The molecule has 1 aromatic rings. The van der Waals surface area contributed by atoms with Crippen LogP contribution in [0.1, 0.15) is 12.5 Å². The minimum atomic E-state index is -3.57. The molecule has 0 spiro atoms. The van der Waals surface area contributed by atoms with Gasteiger partial charge in [-0.2, -0.15) is 0 Å². The highest BCUT2D eigenvalue weighted by Crippen LogP contribution is 2.13. The van der Waals surface area contributed by atoms with Gasteiger partial charge in [-0.3, -0.25) is 0 Å². The van der Waals surface area contributed by atoms with Crippen LogP contribution in [0.15, 0.2) is 40.6 Å². The van der Waals surface area contributed by atoms with E-state index in [0.29, 0.717) is 0 Å². The number of ether oxygens (including phenoxy) is 1. The lowest BCUT2D eigenvalue weighted by molar-refractivity contribution is -0.137. The predicted molar refractivity (Wildman–Crippen MR) is 64.1 cm³/mol. The monoisotopic (exact) mass is 254 g/mol. The van der Waals surface area contributed by atoms with Crippen molar-refractivity contribution in [1.82, 2.24) is 0 Å². The quantitative estimate of drug-likeness (QED) is 0.607. The average Bonchev–Trinajstić information content (AvgIpc) is 2.28. The summed E-state index contributed by atoms with van der Waals surface area (Å²) in [6.45, 7) is 3.73. The Bertz CT molecular complexity index is 512. The SMILES string of the molecule is CCOC(=O)/C=C/S(=O)(=O)c1ccc(C)cc1. The van der Waals surface area contributed by atoms with Gasteiger partial charge < -0.3 is 4.74 Å². The molecule has 17 heavy (non-hydrogen) atoms. The van der Waals surface area contributed by atoms with E-state index in [1.54, 1.807) is 19.1 Å². The molecule has 0 aromatic heterocycles. The molecule has 0 bridgehead atoms. The lowest BCUT2D eigenvalue weighted by atomic mass is 10.2. The molecular weight excluding hydrogens is 240 g/mol. The molecule has 0 heterocycles. The lowest BCUT2D eigenvalue weighted by Gasteiger charge is -1.99. The van der Waals surface area contributed by atoms with Crippen molar-refractivity contribution in [2.24, 2.45) is 0 Å². The van der Waals surface area contributed by atoms with E-state index >= 15 is 0 Å². The first kappa shape index (κ1) is 13.4. The number of hydrogen-bond donors (Lipinski definition) is 0. The van der Waals surface area contributed by atoms with E-state index in [9.17, 15) is 13.2 Å². The highest BCUT2D eigenvalue weighted by Gasteiger charge is 2.10. The first-order chi connectivity index (χ1) is 7.95. The van der Waals surface area contributed by atoms with Crippen molar-refractivity contribution in [3.05, 3.63) is 41.3 Å². The first-order valence-electron chi connectivity index (χ1n) is 5.12. The van der Waals surface area contributed by atoms with Gasteiger partial charge in [-0.15, -0.1) is 0 Å². The van der Waals surface area contributed by atoms with Crippen LogP contribution < -0.4 is 0 Å². The lowest BCUT2D eigenvalue weighted by Crippen LogP contribution is -2.02. The number of rotatable bonds is 4. The minimum Gasteiger partial charge on any atom is -0.463 e. The molecule has 0 aliphatic carbocycles. The Hall–Kier alpha value is -1.62. The second-order valence-electron chi connectivity index (χ2n) is 3.41. The maximum absolute atomic E-state index is 11.8. The molecule has 0 aliphatic rings. The van der Waals surface area contributed by atoms with Crippen LogP contribution >= 0.6 is 0 Å². The molecule has 0 saturated heterocycles. The summed E-state index contributed by atoms with van der Waals surface area (Å²) in [6.07, 6.45) is 0.915. The van der Waals surface area contributed by atoms with Gasteiger partial charge in [0.1, 0.15) is 0 Å².